The lowest BCUT2D eigenvalue weighted by molar-refractivity contribution is -0.143. The highest BCUT2D eigenvalue weighted by atomic mass is 32.2. The summed E-state index contributed by atoms with van der Waals surface area (Å²) < 4.78 is 81.9. The van der Waals surface area contributed by atoms with Gasteiger partial charge in [-0.2, -0.15) is 18.3 Å². The number of benzene rings is 1. The summed E-state index contributed by atoms with van der Waals surface area (Å²) in [4.78, 5) is 57.2. The number of methoxy groups -OCH3 is 1. The van der Waals surface area contributed by atoms with Crippen molar-refractivity contribution >= 4 is 33.8 Å². The summed E-state index contributed by atoms with van der Waals surface area (Å²) in [5, 5.41) is 8.36. The summed E-state index contributed by atoms with van der Waals surface area (Å²) >= 11 is 0. The zero-order chi connectivity index (χ0) is 41.0. The van der Waals surface area contributed by atoms with Crippen molar-refractivity contribution in [2.75, 3.05) is 13.7 Å². The third-order valence-corrected chi connectivity index (χ3v) is 13.1. The van der Waals surface area contributed by atoms with Gasteiger partial charge in [-0.25, -0.2) is 13.2 Å². The molecule has 1 aromatic carbocycles. The molecule has 56 heavy (non-hydrogen) atoms. The average Bonchev–Trinajstić information content (AvgIpc) is 3.94. The van der Waals surface area contributed by atoms with Crippen molar-refractivity contribution in [2.24, 2.45) is 18.4 Å². The van der Waals surface area contributed by atoms with Gasteiger partial charge in [-0.15, -0.1) is 6.58 Å². The normalized spacial score (nSPS) is 26.0. The van der Waals surface area contributed by atoms with E-state index in [-0.39, 0.29) is 36.6 Å². The van der Waals surface area contributed by atoms with E-state index in [4.69, 9.17) is 9.47 Å². The second-order valence-electron chi connectivity index (χ2n) is 16.5. The molecule has 4 aliphatic rings. The van der Waals surface area contributed by atoms with Crippen LogP contribution in [0.4, 0.5) is 18.0 Å². The van der Waals surface area contributed by atoms with E-state index in [1.54, 1.807) is 32.9 Å². The van der Waals surface area contributed by atoms with Crippen LogP contribution in [0.3, 0.4) is 0 Å². The molecule has 0 spiro atoms. The number of alkyl halides is 3. The Morgan fingerprint density at radius 1 is 1.04 bits per heavy atom. The molecule has 1 aliphatic heterocycles. The maximum Gasteiger partial charge on any atom is 0.435 e. The quantitative estimate of drug-likeness (QED) is 0.264. The number of aryl methyl sites for hydroxylation is 1. The van der Waals surface area contributed by atoms with E-state index >= 15 is 0 Å². The van der Waals surface area contributed by atoms with Crippen LogP contribution < -0.4 is 15.4 Å². The highest BCUT2D eigenvalue weighted by Crippen LogP contribution is 2.47. The molecular formula is C38H49F3N6O8S. The molecule has 3 N–H and O–H groups in total. The Balaban J connectivity index is 1.33. The Hall–Kier alpha value is -4.45. The molecule has 306 valence electrons. The van der Waals surface area contributed by atoms with Gasteiger partial charge in [-0.1, -0.05) is 51.1 Å². The van der Waals surface area contributed by atoms with Gasteiger partial charge in [-0.3, -0.25) is 23.8 Å². The summed E-state index contributed by atoms with van der Waals surface area (Å²) in [6.45, 7) is 8.74. The van der Waals surface area contributed by atoms with E-state index in [1.165, 1.54) is 43.5 Å². The van der Waals surface area contributed by atoms with Gasteiger partial charge >= 0.3 is 12.3 Å². The fourth-order valence-corrected chi connectivity index (χ4v) is 9.18. The van der Waals surface area contributed by atoms with Crippen LogP contribution in [-0.2, 0) is 52.7 Å². The number of carbonyl (C=O) groups is 4. The number of nitrogens with one attached hydrogen (secondary N) is 3. The number of ether oxygens (including phenoxy) is 2. The lowest BCUT2D eigenvalue weighted by Crippen LogP contribution is -2.60. The lowest BCUT2D eigenvalue weighted by atomic mass is 9.85. The van der Waals surface area contributed by atoms with Crippen LogP contribution in [0.1, 0.15) is 83.4 Å². The van der Waals surface area contributed by atoms with Crippen LogP contribution in [0.2, 0.25) is 0 Å². The molecule has 14 nitrogen and oxygen atoms in total. The first-order chi connectivity index (χ1) is 26.1. The molecule has 0 bridgehead atoms. The Bertz CT molecular complexity index is 1990. The monoisotopic (exact) mass is 806 g/mol. The first-order valence-corrected chi connectivity index (χ1v) is 20.2. The third kappa shape index (κ3) is 8.17. The van der Waals surface area contributed by atoms with Crippen molar-refractivity contribution in [3.05, 3.63) is 54.4 Å². The molecule has 1 aromatic heterocycles. The minimum absolute atomic E-state index is 0.0687. The largest absolute Gasteiger partial charge is 0.446 e. The molecule has 3 aliphatic carbocycles. The first kappa shape index (κ1) is 41.2. The number of nitrogens with zero attached hydrogens (tertiary/aromatic N) is 3. The Kier molecular flexibility index (Phi) is 10.9. The third-order valence-electron chi connectivity index (χ3n) is 11.3. The fourth-order valence-electron chi connectivity index (χ4n) is 7.82. The molecule has 4 amide bonds. The van der Waals surface area contributed by atoms with Crippen molar-refractivity contribution in [2.45, 2.75) is 113 Å². The number of amides is 4. The van der Waals surface area contributed by atoms with Gasteiger partial charge in [-0.05, 0) is 61.5 Å². The highest BCUT2D eigenvalue weighted by molar-refractivity contribution is 7.91. The van der Waals surface area contributed by atoms with Crippen LogP contribution in [0, 0.1) is 11.3 Å². The zero-order valence-electron chi connectivity index (χ0n) is 32.1. The number of aromatic nitrogens is 2. The Labute approximate surface area is 324 Å². The number of hydrogen-bond acceptors (Lipinski definition) is 9. The summed E-state index contributed by atoms with van der Waals surface area (Å²) in [7, 11) is -1.21. The van der Waals surface area contributed by atoms with Crippen molar-refractivity contribution in [1.29, 1.82) is 0 Å². The first-order valence-electron chi connectivity index (χ1n) is 18.7. The summed E-state index contributed by atoms with van der Waals surface area (Å²) in [5.41, 5.74) is -4.48. The molecule has 18 heteroatoms. The lowest BCUT2D eigenvalue weighted by Gasteiger charge is -2.36. The van der Waals surface area contributed by atoms with Gasteiger partial charge in [0, 0.05) is 38.3 Å². The maximum absolute atomic E-state index is 14.7. The number of rotatable bonds is 12. The van der Waals surface area contributed by atoms with E-state index in [0.29, 0.717) is 31.2 Å². The van der Waals surface area contributed by atoms with Crippen LogP contribution in [0.15, 0.2) is 43.1 Å². The van der Waals surface area contributed by atoms with Gasteiger partial charge in [0.2, 0.25) is 21.8 Å². The number of hydrogen-bond donors (Lipinski definition) is 3. The second kappa shape index (κ2) is 14.8. The van der Waals surface area contributed by atoms with Crippen LogP contribution >= 0.6 is 0 Å². The maximum atomic E-state index is 14.7. The predicted octanol–water partition coefficient (Wildman–Crippen LogP) is 4.30. The molecule has 6 rings (SSSR count). The van der Waals surface area contributed by atoms with Crippen molar-refractivity contribution < 1.29 is 50.2 Å². The molecule has 2 heterocycles. The molecular weight excluding hydrogens is 758 g/mol. The molecule has 4 fully saturated rings. The van der Waals surface area contributed by atoms with Crippen molar-refractivity contribution in [3.8, 4) is 11.1 Å². The predicted molar refractivity (Wildman–Crippen MR) is 197 cm³/mol. The number of halogens is 3. The SMILES string of the molecule is C=C[C@@H]1C[C@]1(NC(=O)[C@@H]1C[C@@](OC)(c2ccc(-c3cn(C)nc3C(F)(F)F)cc2)CN1C(=O)[C@@H](NC(=O)OC1CCCC1)C(C)(C)C)C(=O)NS(=O)(=O)C1CC1. The smallest absolute Gasteiger partial charge is 0.435 e. The highest BCUT2D eigenvalue weighted by Gasteiger charge is 2.63. The van der Waals surface area contributed by atoms with Gasteiger partial charge < -0.3 is 25.0 Å². The van der Waals surface area contributed by atoms with Crippen LogP contribution in [0.25, 0.3) is 11.1 Å². The van der Waals surface area contributed by atoms with E-state index in [0.717, 1.165) is 17.5 Å². The van der Waals surface area contributed by atoms with E-state index in [1.807, 2.05) is 0 Å². The Morgan fingerprint density at radius 2 is 1.68 bits per heavy atom. The summed E-state index contributed by atoms with van der Waals surface area (Å²) in [6.07, 6.45) is 0.873. The number of alkyl carbamates (subject to hydrolysis) is 1. The van der Waals surface area contributed by atoms with Gasteiger partial charge in [0.1, 0.15) is 29.3 Å². The van der Waals surface area contributed by atoms with Crippen molar-refractivity contribution in [1.82, 2.24) is 30.0 Å². The van der Waals surface area contributed by atoms with Gasteiger partial charge in [0.15, 0.2) is 5.69 Å². The summed E-state index contributed by atoms with van der Waals surface area (Å²) in [6, 6.07) is 3.54. The fraction of sp³-hybridized carbons (Fsp3) is 0.605. The number of carbonyl (C=O) groups excluding carboxylic acids is 4. The zero-order valence-corrected chi connectivity index (χ0v) is 32.9. The van der Waals surface area contributed by atoms with Gasteiger partial charge in [0.05, 0.1) is 11.8 Å². The van der Waals surface area contributed by atoms with Crippen molar-refractivity contribution in [3.63, 3.8) is 0 Å². The second-order valence-corrected chi connectivity index (χ2v) is 18.4. The minimum Gasteiger partial charge on any atom is -0.446 e. The van der Waals surface area contributed by atoms with Crippen LogP contribution in [0.5, 0.6) is 0 Å². The van der Waals surface area contributed by atoms with Crippen LogP contribution in [-0.4, -0.2) is 89.5 Å². The molecule has 2 aromatic rings. The molecule has 3 saturated carbocycles. The molecule has 5 atom stereocenters. The van der Waals surface area contributed by atoms with Gasteiger partial charge in [0.25, 0.3) is 5.91 Å². The topological polar surface area (TPSA) is 178 Å². The van der Waals surface area contributed by atoms with E-state index in [9.17, 15) is 40.8 Å². The van der Waals surface area contributed by atoms with E-state index in [2.05, 4.69) is 27.0 Å². The number of sulfonamides is 1. The molecule has 1 saturated heterocycles. The number of likely N-dealkylation sites (tertiary alicyclic amines) is 1. The Morgan fingerprint density at radius 3 is 2.21 bits per heavy atom. The minimum atomic E-state index is -4.71. The molecule has 0 unspecified atom stereocenters. The average molecular weight is 807 g/mol. The van der Waals surface area contributed by atoms with E-state index < -0.39 is 85.5 Å². The standard InChI is InChI=1S/C38H49F3N6O8S/c1-7-23-18-37(23,33(50)45-56(52,53)26-16-17-26)43-31(48)28-19-36(54-6,24-14-12-22(13-15-24)27-20-46(5)44-29(27)38(39,40)41)21-47(28)32(49)30(35(2,3)4)42-34(51)55-25-10-8-9-11-25/h7,12-15,20,23,25-26,28,30H,1,8-11,16-19,21H2,2-6H3,(H,42,51)(H,43,48)(H,45,50)/t23-,28+,30-,36+,37-/m1/s1. The molecule has 0 radical (unpaired) electrons. The summed E-state index contributed by atoms with van der Waals surface area (Å²) in [5.74, 6) is -2.93.